The molecule has 0 aromatic heterocycles. The third-order valence-corrected chi connectivity index (χ3v) is 4.58. The fraction of sp³-hybridized carbons (Fsp3) is 1.00. The Morgan fingerprint density at radius 3 is 1.30 bits per heavy atom. The molecule has 0 rings (SSSR count). The maximum absolute atomic E-state index is 5.70. The number of rotatable bonds is 7. The van der Waals surface area contributed by atoms with E-state index < -0.39 is 16.1 Å². The standard InChI is InChI=1S/C10H18Cl6NO2P/c1-7(2)17(8(3)4)20(18-5-9(11,12)13)19-6-10(14,15)16/h7-8H,5-6H2,1-4H3. The van der Waals surface area contributed by atoms with Crippen molar-refractivity contribution in [2.24, 2.45) is 0 Å². The first-order chi connectivity index (χ1) is 8.83. The quantitative estimate of drug-likeness (QED) is 0.361. The summed E-state index contributed by atoms with van der Waals surface area (Å²) in [6.45, 7) is 7.80. The van der Waals surface area contributed by atoms with Gasteiger partial charge in [-0.3, -0.25) is 0 Å². The molecule has 0 aliphatic rings. The monoisotopic (exact) mass is 425 g/mol. The van der Waals surface area contributed by atoms with Gasteiger partial charge in [-0.05, 0) is 27.7 Å². The second-order valence-electron chi connectivity index (χ2n) is 4.58. The SMILES string of the molecule is CC(C)N(C(C)C)P(OCC(Cl)(Cl)Cl)OCC(Cl)(Cl)Cl. The summed E-state index contributed by atoms with van der Waals surface area (Å²) in [6.07, 6.45) is 0. The van der Waals surface area contributed by atoms with Crippen LogP contribution in [0, 0.1) is 0 Å². The summed E-state index contributed by atoms with van der Waals surface area (Å²) in [5.41, 5.74) is 0. The molecule has 0 aromatic rings. The predicted molar refractivity (Wildman–Crippen MR) is 91.5 cm³/mol. The van der Waals surface area contributed by atoms with Gasteiger partial charge in [-0.15, -0.1) is 0 Å². The van der Waals surface area contributed by atoms with Crippen LogP contribution in [-0.4, -0.2) is 37.6 Å². The van der Waals surface area contributed by atoms with E-state index in [9.17, 15) is 0 Å². The molecule has 0 radical (unpaired) electrons. The fourth-order valence-corrected chi connectivity index (χ4v) is 3.89. The van der Waals surface area contributed by atoms with Crippen molar-refractivity contribution in [3.8, 4) is 0 Å². The molecule has 0 saturated carbocycles. The van der Waals surface area contributed by atoms with Gasteiger partial charge >= 0.3 is 0 Å². The highest BCUT2D eigenvalue weighted by atomic mass is 35.6. The van der Waals surface area contributed by atoms with Gasteiger partial charge in [0.05, 0.1) is 0 Å². The maximum Gasteiger partial charge on any atom is 0.259 e. The van der Waals surface area contributed by atoms with Gasteiger partial charge in [0.25, 0.3) is 8.53 Å². The molecule has 3 nitrogen and oxygen atoms in total. The summed E-state index contributed by atoms with van der Waals surface area (Å²) in [7, 11) is -1.50. The summed E-state index contributed by atoms with van der Waals surface area (Å²) in [5.74, 6) is 0. The number of nitrogens with zero attached hydrogens (tertiary/aromatic N) is 1. The lowest BCUT2D eigenvalue weighted by Crippen LogP contribution is -2.35. The van der Waals surface area contributed by atoms with Gasteiger partial charge in [0.15, 0.2) is 0 Å². The molecule has 0 heterocycles. The Bertz CT molecular complexity index is 256. The van der Waals surface area contributed by atoms with Crippen molar-refractivity contribution in [3.05, 3.63) is 0 Å². The van der Waals surface area contributed by atoms with E-state index in [1.807, 2.05) is 32.4 Å². The first kappa shape index (κ1) is 22.1. The van der Waals surface area contributed by atoms with E-state index >= 15 is 0 Å². The van der Waals surface area contributed by atoms with Gasteiger partial charge in [0.2, 0.25) is 7.59 Å². The lowest BCUT2D eigenvalue weighted by atomic mass is 10.3. The summed E-state index contributed by atoms with van der Waals surface area (Å²) in [5, 5.41) is 0. The van der Waals surface area contributed by atoms with E-state index in [0.717, 1.165) is 0 Å². The highest BCUT2D eigenvalue weighted by molar-refractivity contribution is 7.44. The van der Waals surface area contributed by atoms with Crippen molar-refractivity contribution in [1.82, 2.24) is 4.67 Å². The second kappa shape index (κ2) is 9.37. The van der Waals surface area contributed by atoms with E-state index in [1.54, 1.807) is 0 Å². The smallest absolute Gasteiger partial charge is 0.259 e. The van der Waals surface area contributed by atoms with Crippen LogP contribution in [0.1, 0.15) is 27.7 Å². The Kier molecular flexibility index (Phi) is 10.3. The molecule has 122 valence electrons. The van der Waals surface area contributed by atoms with Crippen molar-refractivity contribution < 1.29 is 9.05 Å². The average molecular weight is 428 g/mol. The average Bonchev–Trinajstić information content (AvgIpc) is 2.17. The lowest BCUT2D eigenvalue weighted by molar-refractivity contribution is 0.178. The van der Waals surface area contributed by atoms with Crippen LogP contribution in [0.5, 0.6) is 0 Å². The molecule has 0 aliphatic heterocycles. The summed E-state index contributed by atoms with van der Waals surface area (Å²) in [6, 6.07) is 0.318. The maximum atomic E-state index is 5.70. The normalized spacial score (nSPS) is 14.1. The van der Waals surface area contributed by atoms with Crippen LogP contribution < -0.4 is 0 Å². The molecule has 0 spiro atoms. The molecule has 0 fully saturated rings. The van der Waals surface area contributed by atoms with Gasteiger partial charge in [-0.1, -0.05) is 69.6 Å². The number of hydrogen-bond donors (Lipinski definition) is 0. The Morgan fingerprint density at radius 1 is 0.800 bits per heavy atom. The van der Waals surface area contributed by atoms with Crippen LogP contribution in [-0.2, 0) is 9.05 Å². The van der Waals surface area contributed by atoms with Crippen LogP contribution in [0.25, 0.3) is 0 Å². The molecule has 10 heteroatoms. The minimum atomic E-state index is -1.52. The summed E-state index contributed by atoms with van der Waals surface area (Å²) >= 11 is 34.2. The Morgan fingerprint density at radius 2 is 1.10 bits per heavy atom. The third kappa shape index (κ3) is 10.7. The Labute approximate surface area is 152 Å². The summed E-state index contributed by atoms with van der Waals surface area (Å²) in [4.78, 5) is 0. The number of hydrogen-bond acceptors (Lipinski definition) is 3. The third-order valence-electron chi connectivity index (χ3n) is 1.92. The highest BCUT2D eigenvalue weighted by Gasteiger charge is 2.33. The minimum Gasteiger partial charge on any atom is -0.317 e. The highest BCUT2D eigenvalue weighted by Crippen LogP contribution is 2.49. The van der Waals surface area contributed by atoms with E-state index in [0.29, 0.717) is 0 Å². The molecule has 0 atom stereocenters. The van der Waals surface area contributed by atoms with E-state index in [2.05, 4.69) is 0 Å². The van der Waals surface area contributed by atoms with Crippen LogP contribution in [0.3, 0.4) is 0 Å². The van der Waals surface area contributed by atoms with Crippen molar-refractivity contribution in [2.75, 3.05) is 13.2 Å². The van der Waals surface area contributed by atoms with E-state index in [-0.39, 0.29) is 25.3 Å². The molecule has 20 heavy (non-hydrogen) atoms. The largest absolute Gasteiger partial charge is 0.317 e. The molecular formula is C10H18Cl6NO2P. The molecule has 0 N–H and O–H groups in total. The van der Waals surface area contributed by atoms with Gasteiger partial charge in [0.1, 0.15) is 13.2 Å². The van der Waals surface area contributed by atoms with Gasteiger partial charge in [-0.25, -0.2) is 4.67 Å². The molecule has 0 saturated heterocycles. The zero-order valence-electron chi connectivity index (χ0n) is 11.5. The van der Waals surface area contributed by atoms with Crippen LogP contribution >= 0.6 is 78.1 Å². The molecular weight excluding hydrogens is 410 g/mol. The van der Waals surface area contributed by atoms with Gasteiger partial charge < -0.3 is 9.05 Å². The molecule has 0 unspecified atom stereocenters. The van der Waals surface area contributed by atoms with Crippen LogP contribution in [0.2, 0.25) is 0 Å². The van der Waals surface area contributed by atoms with Gasteiger partial charge in [0, 0.05) is 12.1 Å². The van der Waals surface area contributed by atoms with Crippen molar-refractivity contribution in [1.29, 1.82) is 0 Å². The predicted octanol–water partition coefficient (Wildman–Crippen LogP) is 6.11. The van der Waals surface area contributed by atoms with Crippen molar-refractivity contribution >= 4 is 78.1 Å². The Hall–Kier alpha value is 2.05. The molecule has 0 bridgehead atoms. The first-order valence-electron chi connectivity index (χ1n) is 5.81. The first-order valence-corrected chi connectivity index (χ1v) is 9.21. The van der Waals surface area contributed by atoms with Gasteiger partial charge in [-0.2, -0.15) is 0 Å². The van der Waals surface area contributed by atoms with Crippen LogP contribution in [0.15, 0.2) is 0 Å². The number of alkyl halides is 6. The van der Waals surface area contributed by atoms with E-state index in [1.165, 1.54) is 0 Å². The molecule has 0 aromatic carbocycles. The van der Waals surface area contributed by atoms with Crippen molar-refractivity contribution in [3.63, 3.8) is 0 Å². The minimum absolute atomic E-state index is 0.112. The zero-order valence-corrected chi connectivity index (χ0v) is 17.0. The molecule has 0 amide bonds. The topological polar surface area (TPSA) is 21.7 Å². The fourth-order valence-electron chi connectivity index (χ4n) is 1.40. The number of halogens is 6. The Balaban J connectivity index is 4.84. The molecule has 0 aliphatic carbocycles. The van der Waals surface area contributed by atoms with E-state index in [4.69, 9.17) is 78.7 Å². The second-order valence-corrected chi connectivity index (χ2v) is 11.1. The van der Waals surface area contributed by atoms with Crippen LogP contribution in [0.4, 0.5) is 0 Å². The van der Waals surface area contributed by atoms with Crippen molar-refractivity contribution in [2.45, 2.75) is 47.4 Å². The lowest BCUT2D eigenvalue weighted by Gasteiger charge is -2.36. The zero-order chi connectivity index (χ0) is 16.1. The summed E-state index contributed by atoms with van der Waals surface area (Å²) < 4.78 is 10.1.